The maximum atomic E-state index is 12.6. The highest BCUT2D eigenvalue weighted by Crippen LogP contribution is 2.22. The quantitative estimate of drug-likeness (QED) is 0.261. The molecule has 0 unspecified atom stereocenters. The van der Waals surface area contributed by atoms with Gasteiger partial charge in [-0.15, -0.1) is 0 Å². The number of ketones is 1. The van der Waals surface area contributed by atoms with E-state index in [1.807, 2.05) is 0 Å². The molecular formula is C21H25N3O6S. The lowest BCUT2D eigenvalue weighted by Gasteiger charge is -2.18. The summed E-state index contributed by atoms with van der Waals surface area (Å²) in [7, 11) is -2.06. The average Bonchev–Trinajstić information content (AvgIpc) is 2.95. The summed E-state index contributed by atoms with van der Waals surface area (Å²) in [6, 6.07) is 4.96. The van der Waals surface area contributed by atoms with E-state index in [2.05, 4.69) is 6.08 Å². The molecule has 10 heteroatoms. The molecule has 1 aliphatic heterocycles. The molecule has 1 aliphatic carbocycles. The van der Waals surface area contributed by atoms with Crippen molar-refractivity contribution in [3.05, 3.63) is 41.5 Å². The third-order valence-corrected chi connectivity index (χ3v) is 6.73. The maximum absolute atomic E-state index is 12.6. The summed E-state index contributed by atoms with van der Waals surface area (Å²) in [5.41, 5.74) is 1.74. The molecule has 0 spiro atoms. The van der Waals surface area contributed by atoms with Crippen molar-refractivity contribution in [2.45, 2.75) is 32.1 Å². The van der Waals surface area contributed by atoms with Gasteiger partial charge in [-0.05, 0) is 56.4 Å². The number of nitrogens with zero attached hydrogens (tertiary/aromatic N) is 3. The van der Waals surface area contributed by atoms with Gasteiger partial charge in [0.1, 0.15) is 0 Å². The number of hydrogen-bond donors (Lipinski definition) is 0. The molecule has 1 fully saturated rings. The van der Waals surface area contributed by atoms with E-state index in [-0.39, 0.29) is 12.1 Å². The van der Waals surface area contributed by atoms with Gasteiger partial charge >= 0.3 is 17.8 Å². The fourth-order valence-corrected chi connectivity index (χ4v) is 4.06. The molecule has 0 N–H and O–H groups in total. The summed E-state index contributed by atoms with van der Waals surface area (Å²) >= 11 is 0. The van der Waals surface area contributed by atoms with Crippen LogP contribution in [0.2, 0.25) is 0 Å². The van der Waals surface area contributed by atoms with Crippen molar-refractivity contribution in [2.24, 2.45) is 0 Å². The van der Waals surface area contributed by atoms with Gasteiger partial charge in [-0.3, -0.25) is 23.6 Å². The van der Waals surface area contributed by atoms with E-state index in [9.17, 15) is 27.6 Å². The van der Waals surface area contributed by atoms with Crippen LogP contribution >= 0.6 is 0 Å². The molecule has 1 saturated heterocycles. The van der Waals surface area contributed by atoms with Crippen molar-refractivity contribution in [1.29, 1.82) is 0 Å². The van der Waals surface area contributed by atoms with Crippen LogP contribution in [0, 0.1) is 0 Å². The predicted molar refractivity (Wildman–Crippen MR) is 114 cm³/mol. The highest BCUT2D eigenvalue weighted by Gasteiger charge is 2.44. The molecule has 2 aliphatic rings. The van der Waals surface area contributed by atoms with Crippen LogP contribution in [0.5, 0.6) is 0 Å². The lowest BCUT2D eigenvalue weighted by atomic mass is 9.97. The minimum Gasteiger partial charge on any atom is -0.292 e. The molecule has 1 heterocycles. The van der Waals surface area contributed by atoms with Crippen LogP contribution in [0.25, 0.3) is 0 Å². The molecule has 0 radical (unpaired) electrons. The highest BCUT2D eigenvalue weighted by atomic mass is 32.2. The van der Waals surface area contributed by atoms with Crippen molar-refractivity contribution < 1.29 is 27.6 Å². The second-order valence-corrected chi connectivity index (χ2v) is 9.70. The smallest absolute Gasteiger partial charge is 0.292 e. The molecule has 1 aromatic rings. The number of imide groups is 2. The van der Waals surface area contributed by atoms with E-state index in [1.54, 1.807) is 0 Å². The summed E-state index contributed by atoms with van der Waals surface area (Å²) in [5.74, 6) is -2.45. The standard InChI is InChI=1S/C21H25N3O6S/c1-22(31(2,29)30)17-10-8-16(9-11-17)18(25)14-24-20(27)19(26)23(21(24)28)13-12-15-6-4-3-5-7-15/h6,8-11H,3-5,7,12-14H2,1-2H3. The minimum absolute atomic E-state index is 0.118. The Morgan fingerprint density at radius 3 is 2.26 bits per heavy atom. The lowest BCUT2D eigenvalue weighted by molar-refractivity contribution is -0.143. The van der Waals surface area contributed by atoms with E-state index in [4.69, 9.17) is 0 Å². The molecule has 31 heavy (non-hydrogen) atoms. The first-order valence-corrected chi connectivity index (χ1v) is 11.9. The van der Waals surface area contributed by atoms with Crippen LogP contribution < -0.4 is 4.31 Å². The van der Waals surface area contributed by atoms with Crippen molar-refractivity contribution in [2.75, 3.05) is 30.7 Å². The third kappa shape index (κ3) is 5.01. The number of carbonyl (C=O) groups is 4. The van der Waals surface area contributed by atoms with Gasteiger partial charge < -0.3 is 0 Å². The normalized spacial score (nSPS) is 17.2. The predicted octanol–water partition coefficient (Wildman–Crippen LogP) is 1.95. The van der Waals surface area contributed by atoms with Crippen LogP contribution in [-0.4, -0.2) is 68.2 Å². The van der Waals surface area contributed by atoms with Gasteiger partial charge in [0, 0.05) is 19.2 Å². The Hall–Kier alpha value is -3.01. The SMILES string of the molecule is CN(c1ccc(C(=O)CN2C(=O)C(=O)N(CCC3=CCCCC3)C2=O)cc1)S(C)(=O)=O. The van der Waals surface area contributed by atoms with Gasteiger partial charge in [-0.1, -0.05) is 11.6 Å². The second kappa shape index (κ2) is 9.01. The summed E-state index contributed by atoms with van der Waals surface area (Å²) in [4.78, 5) is 51.2. The first kappa shape index (κ1) is 22.7. The van der Waals surface area contributed by atoms with Gasteiger partial charge in [-0.25, -0.2) is 18.1 Å². The molecule has 0 bridgehead atoms. The largest absolute Gasteiger partial charge is 0.334 e. The van der Waals surface area contributed by atoms with Crippen LogP contribution in [-0.2, 0) is 19.6 Å². The van der Waals surface area contributed by atoms with E-state index < -0.39 is 40.2 Å². The fourth-order valence-electron chi connectivity index (χ4n) is 3.56. The molecule has 3 rings (SSSR count). The second-order valence-electron chi connectivity index (χ2n) is 7.69. The molecular weight excluding hydrogens is 422 g/mol. The molecule has 4 amide bonds. The molecule has 166 valence electrons. The van der Waals surface area contributed by atoms with E-state index in [0.717, 1.165) is 41.1 Å². The number of rotatable bonds is 8. The zero-order valence-electron chi connectivity index (χ0n) is 17.5. The van der Waals surface area contributed by atoms with Gasteiger partial charge in [0.25, 0.3) is 0 Å². The van der Waals surface area contributed by atoms with Crippen LogP contribution in [0.4, 0.5) is 10.5 Å². The van der Waals surface area contributed by atoms with Gasteiger partial charge in [0.05, 0.1) is 18.5 Å². The number of amides is 4. The lowest BCUT2D eigenvalue weighted by Crippen LogP contribution is -2.37. The number of carbonyl (C=O) groups excluding carboxylic acids is 4. The van der Waals surface area contributed by atoms with Crippen molar-refractivity contribution in [3.8, 4) is 0 Å². The van der Waals surface area contributed by atoms with Crippen LogP contribution in [0.1, 0.15) is 42.5 Å². The summed E-state index contributed by atoms with van der Waals surface area (Å²) in [6.07, 6.45) is 7.82. The number of hydrogen-bond acceptors (Lipinski definition) is 6. The van der Waals surface area contributed by atoms with Crippen molar-refractivity contribution >= 4 is 39.3 Å². The zero-order valence-corrected chi connectivity index (χ0v) is 18.4. The highest BCUT2D eigenvalue weighted by molar-refractivity contribution is 7.92. The van der Waals surface area contributed by atoms with E-state index in [0.29, 0.717) is 17.0 Å². The number of anilines is 1. The van der Waals surface area contributed by atoms with Crippen molar-refractivity contribution in [1.82, 2.24) is 9.80 Å². The Labute approximate surface area is 181 Å². The van der Waals surface area contributed by atoms with Gasteiger partial charge in [0.2, 0.25) is 10.0 Å². The van der Waals surface area contributed by atoms with Gasteiger partial charge in [0.15, 0.2) is 5.78 Å². The molecule has 9 nitrogen and oxygen atoms in total. The summed E-state index contributed by atoms with van der Waals surface area (Å²) in [6.45, 7) is -0.434. The van der Waals surface area contributed by atoms with Crippen molar-refractivity contribution in [3.63, 3.8) is 0 Å². The summed E-state index contributed by atoms with van der Waals surface area (Å²) in [5, 5.41) is 0. The van der Waals surface area contributed by atoms with Crippen LogP contribution in [0.3, 0.4) is 0 Å². The van der Waals surface area contributed by atoms with Crippen LogP contribution in [0.15, 0.2) is 35.9 Å². The summed E-state index contributed by atoms with van der Waals surface area (Å²) < 4.78 is 24.3. The number of sulfonamides is 1. The Balaban J connectivity index is 1.65. The maximum Gasteiger partial charge on any atom is 0.334 e. The molecule has 0 saturated carbocycles. The molecule has 0 aromatic heterocycles. The Morgan fingerprint density at radius 2 is 1.68 bits per heavy atom. The number of urea groups is 1. The number of Topliss-reactive ketones (excluding diaryl/α,β-unsaturated/α-hetero) is 1. The fraction of sp³-hybridized carbons (Fsp3) is 0.429. The Morgan fingerprint density at radius 1 is 1.03 bits per heavy atom. The number of benzene rings is 1. The Bertz CT molecular complexity index is 1050. The first-order chi connectivity index (χ1) is 14.6. The topological polar surface area (TPSA) is 112 Å². The zero-order chi connectivity index (χ0) is 22.8. The number of allylic oxidation sites excluding steroid dienone is 1. The average molecular weight is 448 g/mol. The Kier molecular flexibility index (Phi) is 6.59. The van der Waals surface area contributed by atoms with E-state index in [1.165, 1.54) is 36.9 Å². The molecule has 0 atom stereocenters. The first-order valence-electron chi connectivity index (χ1n) is 10.0. The third-order valence-electron chi connectivity index (χ3n) is 5.53. The monoisotopic (exact) mass is 447 g/mol. The minimum atomic E-state index is -3.44. The van der Waals surface area contributed by atoms with E-state index >= 15 is 0 Å². The molecule has 1 aromatic carbocycles. The van der Waals surface area contributed by atoms with Gasteiger partial charge in [-0.2, -0.15) is 0 Å².